The summed E-state index contributed by atoms with van der Waals surface area (Å²) in [4.78, 5) is 12.4. The molecule has 0 aliphatic rings. The summed E-state index contributed by atoms with van der Waals surface area (Å²) in [5.41, 5.74) is 0. The van der Waals surface area contributed by atoms with E-state index in [0.717, 1.165) is 25.7 Å². The van der Waals surface area contributed by atoms with Gasteiger partial charge in [0.1, 0.15) is 0 Å². The zero-order valence-corrected chi connectivity index (χ0v) is 35.2. The van der Waals surface area contributed by atoms with E-state index in [1.165, 1.54) is 225 Å². The van der Waals surface area contributed by atoms with Crippen LogP contribution in [-0.2, 0) is 4.79 Å². The lowest BCUT2D eigenvalue weighted by Gasteiger charge is -2.22. The monoisotopic (exact) mass is 722 g/mol. The second-order valence-electron chi connectivity index (χ2n) is 16.5. The Hall–Kier alpha value is -0.610. The van der Waals surface area contributed by atoms with Gasteiger partial charge in [-0.3, -0.25) is 4.79 Å². The average Bonchev–Trinajstić information content (AvgIpc) is 3.13. The first-order valence-electron chi connectivity index (χ1n) is 23.7. The number of hydrogen-bond donors (Lipinski definition) is 3. The van der Waals surface area contributed by atoms with Crippen molar-refractivity contribution in [2.24, 2.45) is 0 Å². The SMILES string of the molecule is CCCCCCCCCCCCCCCCCCCCCCCCCCCCCCCC(=O)NC(CO)C(O)CCCCCCCCCCCC. The van der Waals surface area contributed by atoms with Crippen molar-refractivity contribution in [3.8, 4) is 0 Å². The summed E-state index contributed by atoms with van der Waals surface area (Å²) < 4.78 is 0. The lowest BCUT2D eigenvalue weighted by molar-refractivity contribution is -0.123. The van der Waals surface area contributed by atoms with Gasteiger partial charge in [-0.2, -0.15) is 0 Å². The molecule has 0 aromatic rings. The van der Waals surface area contributed by atoms with Gasteiger partial charge in [0.15, 0.2) is 0 Å². The molecule has 0 spiro atoms. The Morgan fingerprint density at radius 3 is 0.882 bits per heavy atom. The number of aliphatic hydroxyl groups excluding tert-OH is 2. The molecule has 2 atom stereocenters. The summed E-state index contributed by atoms with van der Waals surface area (Å²) in [6.07, 6.45) is 53.6. The van der Waals surface area contributed by atoms with E-state index in [1.807, 2.05) is 0 Å². The number of aliphatic hydroxyl groups is 2. The lowest BCUT2D eigenvalue weighted by atomic mass is 10.0. The average molecular weight is 722 g/mol. The van der Waals surface area contributed by atoms with Gasteiger partial charge in [0.05, 0.1) is 18.8 Å². The molecule has 0 saturated carbocycles. The first-order valence-corrected chi connectivity index (χ1v) is 23.7. The molecule has 306 valence electrons. The molecule has 0 rings (SSSR count). The fourth-order valence-corrected chi connectivity index (χ4v) is 7.72. The number of carbonyl (C=O) groups excluding carboxylic acids is 1. The van der Waals surface area contributed by atoms with Crippen LogP contribution < -0.4 is 5.32 Å². The summed E-state index contributed by atoms with van der Waals surface area (Å²) in [5.74, 6) is -0.0267. The number of hydrogen-bond acceptors (Lipinski definition) is 3. The van der Waals surface area contributed by atoms with E-state index in [-0.39, 0.29) is 12.5 Å². The Balaban J connectivity index is 3.35. The van der Waals surface area contributed by atoms with Crippen LogP contribution >= 0.6 is 0 Å². The number of nitrogens with one attached hydrogen (secondary N) is 1. The summed E-state index contributed by atoms with van der Waals surface area (Å²) in [6, 6.07) is -0.528. The van der Waals surface area contributed by atoms with Crippen molar-refractivity contribution in [2.75, 3.05) is 6.61 Å². The number of amides is 1. The minimum atomic E-state index is -0.651. The molecule has 51 heavy (non-hydrogen) atoms. The molecule has 0 bridgehead atoms. The third kappa shape index (κ3) is 40.4. The van der Waals surface area contributed by atoms with Gasteiger partial charge in [0.2, 0.25) is 5.91 Å². The highest BCUT2D eigenvalue weighted by Gasteiger charge is 2.20. The van der Waals surface area contributed by atoms with Gasteiger partial charge in [-0.1, -0.05) is 258 Å². The van der Waals surface area contributed by atoms with Gasteiger partial charge in [0, 0.05) is 6.42 Å². The topological polar surface area (TPSA) is 69.6 Å². The molecule has 4 nitrogen and oxygen atoms in total. The first-order chi connectivity index (χ1) is 25.2. The van der Waals surface area contributed by atoms with Crippen LogP contribution in [-0.4, -0.2) is 34.9 Å². The molecule has 0 aliphatic heterocycles. The molecule has 1 amide bonds. The Morgan fingerprint density at radius 2 is 0.627 bits per heavy atom. The van der Waals surface area contributed by atoms with Crippen molar-refractivity contribution in [2.45, 2.75) is 289 Å². The van der Waals surface area contributed by atoms with Gasteiger partial charge in [-0.05, 0) is 12.8 Å². The maximum atomic E-state index is 12.4. The van der Waals surface area contributed by atoms with Crippen LogP contribution in [0.5, 0.6) is 0 Å². The molecule has 0 aromatic heterocycles. The minimum absolute atomic E-state index is 0.0267. The Kier molecular flexibility index (Phi) is 43.3. The molecular formula is C47H95NO3. The van der Waals surface area contributed by atoms with Crippen molar-refractivity contribution < 1.29 is 15.0 Å². The van der Waals surface area contributed by atoms with Crippen LogP contribution in [0.15, 0.2) is 0 Å². The number of rotatable bonds is 44. The van der Waals surface area contributed by atoms with E-state index >= 15 is 0 Å². The molecule has 0 saturated heterocycles. The summed E-state index contributed by atoms with van der Waals surface area (Å²) >= 11 is 0. The van der Waals surface area contributed by atoms with Gasteiger partial charge in [-0.25, -0.2) is 0 Å². The van der Waals surface area contributed by atoms with E-state index in [9.17, 15) is 15.0 Å². The van der Waals surface area contributed by atoms with Crippen molar-refractivity contribution in [3.05, 3.63) is 0 Å². The second kappa shape index (κ2) is 43.8. The number of unbranched alkanes of at least 4 members (excludes halogenated alkanes) is 37. The molecule has 3 N–H and O–H groups in total. The normalized spacial score (nSPS) is 12.8. The molecule has 2 unspecified atom stereocenters. The van der Waals surface area contributed by atoms with E-state index < -0.39 is 12.1 Å². The van der Waals surface area contributed by atoms with Crippen LogP contribution in [0, 0.1) is 0 Å². The van der Waals surface area contributed by atoms with E-state index in [0.29, 0.717) is 12.8 Å². The molecule has 0 aliphatic carbocycles. The fraction of sp³-hybridized carbons (Fsp3) is 0.979. The van der Waals surface area contributed by atoms with Crippen molar-refractivity contribution in [1.82, 2.24) is 5.32 Å². The zero-order chi connectivity index (χ0) is 37.1. The molecule has 0 radical (unpaired) electrons. The minimum Gasteiger partial charge on any atom is -0.394 e. The van der Waals surface area contributed by atoms with E-state index in [1.54, 1.807) is 0 Å². The fourth-order valence-electron chi connectivity index (χ4n) is 7.72. The Morgan fingerprint density at radius 1 is 0.392 bits per heavy atom. The molecule has 0 aromatic carbocycles. The third-order valence-electron chi connectivity index (χ3n) is 11.4. The predicted octanol–water partition coefficient (Wildman–Crippen LogP) is 14.9. The largest absolute Gasteiger partial charge is 0.394 e. The van der Waals surface area contributed by atoms with Crippen molar-refractivity contribution >= 4 is 5.91 Å². The standard InChI is InChI=1S/C47H95NO3/c1-3-5-7-9-11-13-15-16-17-18-19-20-21-22-23-24-25-26-27-28-29-30-31-32-33-35-37-39-41-43-47(51)48-45(44-49)46(50)42-40-38-36-34-14-12-10-8-6-4-2/h45-46,49-50H,3-44H2,1-2H3,(H,48,51). The Bertz CT molecular complexity index is 655. The maximum Gasteiger partial charge on any atom is 0.220 e. The summed E-state index contributed by atoms with van der Waals surface area (Å²) in [7, 11) is 0. The Labute approximate surface area is 321 Å². The summed E-state index contributed by atoms with van der Waals surface area (Å²) in [6.45, 7) is 4.37. The van der Waals surface area contributed by atoms with Crippen molar-refractivity contribution in [1.29, 1.82) is 0 Å². The van der Waals surface area contributed by atoms with E-state index in [4.69, 9.17) is 0 Å². The maximum absolute atomic E-state index is 12.4. The van der Waals surface area contributed by atoms with Gasteiger partial charge in [0.25, 0.3) is 0 Å². The summed E-state index contributed by atoms with van der Waals surface area (Å²) in [5, 5.41) is 23.1. The molecule has 0 heterocycles. The highest BCUT2D eigenvalue weighted by molar-refractivity contribution is 5.76. The molecule has 4 heteroatoms. The molecule has 0 fully saturated rings. The second-order valence-corrected chi connectivity index (χ2v) is 16.5. The predicted molar refractivity (Wildman–Crippen MR) is 226 cm³/mol. The highest BCUT2D eigenvalue weighted by Crippen LogP contribution is 2.17. The van der Waals surface area contributed by atoms with Crippen molar-refractivity contribution in [3.63, 3.8) is 0 Å². The highest BCUT2D eigenvalue weighted by atomic mass is 16.3. The smallest absolute Gasteiger partial charge is 0.220 e. The quantitative estimate of drug-likeness (QED) is 0.0549. The number of carbonyl (C=O) groups is 1. The van der Waals surface area contributed by atoms with Crippen LogP contribution in [0.25, 0.3) is 0 Å². The zero-order valence-electron chi connectivity index (χ0n) is 35.2. The van der Waals surface area contributed by atoms with Crippen LogP contribution in [0.2, 0.25) is 0 Å². The van der Waals surface area contributed by atoms with Gasteiger partial charge in [-0.15, -0.1) is 0 Å². The van der Waals surface area contributed by atoms with E-state index in [2.05, 4.69) is 19.2 Å². The van der Waals surface area contributed by atoms with Gasteiger partial charge >= 0.3 is 0 Å². The third-order valence-corrected chi connectivity index (χ3v) is 11.4. The molecular weight excluding hydrogens is 627 g/mol. The first kappa shape index (κ1) is 50.4. The van der Waals surface area contributed by atoms with Crippen LogP contribution in [0.4, 0.5) is 0 Å². The lowest BCUT2D eigenvalue weighted by Crippen LogP contribution is -2.45. The van der Waals surface area contributed by atoms with Crippen LogP contribution in [0.3, 0.4) is 0 Å². The van der Waals surface area contributed by atoms with Crippen LogP contribution in [0.1, 0.15) is 277 Å². The van der Waals surface area contributed by atoms with Gasteiger partial charge < -0.3 is 15.5 Å².